The lowest BCUT2D eigenvalue weighted by Crippen LogP contribution is -2.30. The molecule has 0 radical (unpaired) electrons. The fourth-order valence-corrected chi connectivity index (χ4v) is 2.87. The first-order valence-electron chi connectivity index (χ1n) is 7.80. The Hall–Kier alpha value is -2.83. The minimum atomic E-state index is -0.544. The number of hydrogen-bond donors (Lipinski definition) is 1. The third kappa shape index (κ3) is 3.40. The Morgan fingerprint density at radius 3 is 2.75 bits per heavy atom. The maximum atomic E-state index is 12.8. The maximum absolute atomic E-state index is 12.8. The summed E-state index contributed by atoms with van der Waals surface area (Å²) in [7, 11) is 0. The lowest BCUT2D eigenvalue weighted by molar-refractivity contribution is -0.119. The second kappa shape index (κ2) is 6.74. The minimum Gasteiger partial charge on any atom is -0.484 e. The first kappa shape index (κ1) is 16.0. The Kier molecular flexibility index (Phi) is 4.50. The van der Waals surface area contributed by atoms with Crippen LogP contribution in [0.1, 0.15) is 40.7 Å². The van der Waals surface area contributed by atoms with E-state index in [1.165, 1.54) is 0 Å². The summed E-state index contributed by atoms with van der Waals surface area (Å²) >= 11 is 0. The monoisotopic (exact) mass is 329 g/mol. The largest absolute Gasteiger partial charge is 0.484 e. The van der Waals surface area contributed by atoms with Crippen molar-refractivity contribution >= 4 is 11.8 Å². The van der Waals surface area contributed by atoms with Crippen molar-refractivity contribution in [2.75, 3.05) is 13.2 Å². The number of amides is 2. The molecule has 1 saturated heterocycles. The fourth-order valence-electron chi connectivity index (χ4n) is 2.87. The van der Waals surface area contributed by atoms with Crippen molar-refractivity contribution in [3.63, 3.8) is 0 Å². The molecule has 3 rings (SSSR count). The van der Waals surface area contributed by atoms with E-state index < -0.39 is 5.91 Å². The van der Waals surface area contributed by atoms with Crippen molar-refractivity contribution in [3.8, 4) is 5.75 Å². The van der Waals surface area contributed by atoms with Gasteiger partial charge in [-0.1, -0.05) is 5.16 Å². The van der Waals surface area contributed by atoms with E-state index in [0.29, 0.717) is 17.9 Å². The van der Waals surface area contributed by atoms with Gasteiger partial charge in [-0.15, -0.1) is 0 Å². The third-order valence-electron chi connectivity index (χ3n) is 3.98. The molecule has 1 aromatic carbocycles. The molecule has 2 N–H and O–H groups in total. The molecule has 0 bridgehead atoms. The molecular weight excluding hydrogens is 310 g/mol. The first-order valence-corrected chi connectivity index (χ1v) is 7.80. The molecular formula is C17H19N3O4. The van der Waals surface area contributed by atoms with Crippen LogP contribution in [0.3, 0.4) is 0 Å². The molecule has 7 heteroatoms. The molecule has 2 aromatic rings. The van der Waals surface area contributed by atoms with Crippen LogP contribution in [-0.2, 0) is 4.79 Å². The summed E-state index contributed by atoms with van der Waals surface area (Å²) in [6.07, 6.45) is 1.81. The van der Waals surface area contributed by atoms with Gasteiger partial charge in [-0.05, 0) is 44.0 Å². The van der Waals surface area contributed by atoms with E-state index in [2.05, 4.69) is 5.16 Å². The molecule has 0 saturated carbocycles. The smallest absolute Gasteiger partial charge is 0.255 e. The molecule has 126 valence electrons. The zero-order valence-electron chi connectivity index (χ0n) is 13.4. The van der Waals surface area contributed by atoms with Crippen molar-refractivity contribution in [3.05, 3.63) is 47.3 Å². The number of rotatable bonds is 5. The van der Waals surface area contributed by atoms with Crippen LogP contribution in [0, 0.1) is 6.92 Å². The first-order chi connectivity index (χ1) is 11.5. The summed E-state index contributed by atoms with van der Waals surface area (Å²) in [6.45, 7) is 2.34. The van der Waals surface area contributed by atoms with E-state index in [-0.39, 0.29) is 18.6 Å². The summed E-state index contributed by atoms with van der Waals surface area (Å²) in [6, 6.07) is 8.49. The van der Waals surface area contributed by atoms with Gasteiger partial charge >= 0.3 is 0 Å². The molecule has 2 heterocycles. The molecule has 1 fully saturated rings. The van der Waals surface area contributed by atoms with Gasteiger partial charge in [0, 0.05) is 18.2 Å². The summed E-state index contributed by atoms with van der Waals surface area (Å²) in [4.78, 5) is 25.3. The van der Waals surface area contributed by atoms with Crippen molar-refractivity contribution in [2.45, 2.75) is 25.8 Å². The SMILES string of the molecule is Cc1cc(C2CCCN2C(=O)c2ccc(OCC(N)=O)cc2)no1. The Morgan fingerprint density at radius 1 is 1.38 bits per heavy atom. The number of aromatic nitrogens is 1. The van der Waals surface area contributed by atoms with E-state index in [4.69, 9.17) is 15.0 Å². The van der Waals surface area contributed by atoms with Crippen LogP contribution >= 0.6 is 0 Å². The van der Waals surface area contributed by atoms with Gasteiger partial charge in [0.25, 0.3) is 11.8 Å². The molecule has 0 spiro atoms. The number of nitrogens with two attached hydrogens (primary N) is 1. The van der Waals surface area contributed by atoms with Crippen LogP contribution in [0.25, 0.3) is 0 Å². The van der Waals surface area contributed by atoms with Crippen LogP contribution in [0.2, 0.25) is 0 Å². The molecule has 2 amide bonds. The van der Waals surface area contributed by atoms with Gasteiger partial charge in [0.05, 0.1) is 6.04 Å². The summed E-state index contributed by atoms with van der Waals surface area (Å²) in [5.74, 6) is 0.633. The van der Waals surface area contributed by atoms with Crippen LogP contribution < -0.4 is 10.5 Å². The molecule has 1 atom stereocenters. The number of carbonyl (C=O) groups excluding carboxylic acids is 2. The highest BCUT2D eigenvalue weighted by molar-refractivity contribution is 5.94. The topological polar surface area (TPSA) is 98.7 Å². The Balaban J connectivity index is 1.72. The number of likely N-dealkylation sites (tertiary alicyclic amines) is 1. The average Bonchev–Trinajstić information content (AvgIpc) is 3.21. The van der Waals surface area contributed by atoms with E-state index >= 15 is 0 Å². The van der Waals surface area contributed by atoms with E-state index in [1.807, 2.05) is 17.9 Å². The summed E-state index contributed by atoms with van der Waals surface area (Å²) in [5.41, 5.74) is 6.39. The van der Waals surface area contributed by atoms with E-state index in [1.54, 1.807) is 24.3 Å². The average molecular weight is 329 g/mol. The predicted molar refractivity (Wildman–Crippen MR) is 85.4 cm³/mol. The second-order valence-corrected chi connectivity index (χ2v) is 5.80. The molecule has 7 nitrogen and oxygen atoms in total. The molecule has 24 heavy (non-hydrogen) atoms. The van der Waals surface area contributed by atoms with Gasteiger partial charge in [0.1, 0.15) is 17.2 Å². The van der Waals surface area contributed by atoms with Gasteiger partial charge in [-0.3, -0.25) is 9.59 Å². The van der Waals surface area contributed by atoms with E-state index in [9.17, 15) is 9.59 Å². The van der Waals surface area contributed by atoms with Gasteiger partial charge in [-0.25, -0.2) is 0 Å². The Bertz CT molecular complexity index is 739. The zero-order chi connectivity index (χ0) is 17.1. The van der Waals surface area contributed by atoms with E-state index in [0.717, 1.165) is 24.3 Å². The number of ether oxygens (including phenoxy) is 1. The third-order valence-corrected chi connectivity index (χ3v) is 3.98. The number of aryl methyl sites for hydroxylation is 1. The normalized spacial score (nSPS) is 17.0. The fraction of sp³-hybridized carbons (Fsp3) is 0.353. The second-order valence-electron chi connectivity index (χ2n) is 5.80. The molecule has 0 aliphatic carbocycles. The van der Waals surface area contributed by atoms with Gasteiger partial charge < -0.3 is 19.9 Å². The van der Waals surface area contributed by atoms with Crippen molar-refractivity contribution in [1.29, 1.82) is 0 Å². The number of nitrogens with zero attached hydrogens (tertiary/aromatic N) is 2. The van der Waals surface area contributed by atoms with Crippen LogP contribution in [0.4, 0.5) is 0 Å². The van der Waals surface area contributed by atoms with Gasteiger partial charge in [0.2, 0.25) is 0 Å². The molecule has 1 aliphatic rings. The summed E-state index contributed by atoms with van der Waals surface area (Å²) < 4.78 is 10.3. The maximum Gasteiger partial charge on any atom is 0.255 e. The summed E-state index contributed by atoms with van der Waals surface area (Å²) in [5, 5.41) is 4.05. The molecule has 1 aliphatic heterocycles. The predicted octanol–water partition coefficient (Wildman–Crippen LogP) is 1.82. The highest BCUT2D eigenvalue weighted by Gasteiger charge is 2.32. The zero-order valence-corrected chi connectivity index (χ0v) is 13.4. The number of benzene rings is 1. The number of primary amides is 1. The number of hydrogen-bond acceptors (Lipinski definition) is 5. The van der Waals surface area contributed by atoms with Gasteiger partial charge in [0.15, 0.2) is 6.61 Å². The lowest BCUT2D eigenvalue weighted by Gasteiger charge is -2.23. The molecule has 1 aromatic heterocycles. The number of carbonyl (C=O) groups is 2. The minimum absolute atomic E-state index is 0.0549. The standard InChI is InChI=1S/C17H19N3O4/c1-11-9-14(19-24-11)15-3-2-8-20(15)17(22)12-4-6-13(7-5-12)23-10-16(18)21/h4-7,9,15H,2-3,8,10H2,1H3,(H2,18,21). The quantitative estimate of drug-likeness (QED) is 0.902. The van der Waals surface area contributed by atoms with Crippen LogP contribution in [-0.4, -0.2) is 35.0 Å². The highest BCUT2D eigenvalue weighted by atomic mass is 16.5. The Morgan fingerprint density at radius 2 is 2.12 bits per heavy atom. The van der Waals surface area contributed by atoms with Gasteiger partial charge in [-0.2, -0.15) is 0 Å². The van der Waals surface area contributed by atoms with Crippen molar-refractivity contribution in [1.82, 2.24) is 10.1 Å². The molecule has 1 unspecified atom stereocenters. The lowest BCUT2D eigenvalue weighted by atomic mass is 10.1. The highest BCUT2D eigenvalue weighted by Crippen LogP contribution is 2.32. The Labute approximate surface area is 139 Å². The van der Waals surface area contributed by atoms with Crippen LogP contribution in [0.15, 0.2) is 34.9 Å². The van der Waals surface area contributed by atoms with Crippen LogP contribution in [0.5, 0.6) is 5.75 Å². The van der Waals surface area contributed by atoms with Crippen molar-refractivity contribution < 1.29 is 18.8 Å². The van der Waals surface area contributed by atoms with Crippen molar-refractivity contribution in [2.24, 2.45) is 5.73 Å².